The van der Waals surface area contributed by atoms with Crippen LogP contribution in [0.4, 0.5) is 4.79 Å². The van der Waals surface area contributed by atoms with Gasteiger partial charge in [-0.05, 0) is 31.5 Å². The van der Waals surface area contributed by atoms with Crippen molar-refractivity contribution < 1.29 is 28.4 Å². The molecule has 0 aliphatic heterocycles. The summed E-state index contributed by atoms with van der Waals surface area (Å²) in [5.74, 6) is -0.0480. The van der Waals surface area contributed by atoms with Crippen molar-refractivity contribution in [3.8, 4) is 5.75 Å². The number of rotatable bonds is 7. The highest BCUT2D eigenvalue weighted by molar-refractivity contribution is 5.94. The Bertz CT molecular complexity index is 778. The van der Waals surface area contributed by atoms with E-state index < -0.39 is 24.5 Å². The van der Waals surface area contributed by atoms with Gasteiger partial charge in [0.2, 0.25) is 0 Å². The number of carbonyl (C=O) groups is 3. The lowest BCUT2D eigenvalue weighted by Crippen LogP contribution is -2.37. The number of hydrogen-bond acceptors (Lipinski definition) is 7. The molecular weight excluding hydrogens is 342 g/mol. The van der Waals surface area contributed by atoms with Crippen molar-refractivity contribution in [2.45, 2.75) is 26.9 Å². The molecule has 0 aliphatic rings. The first-order valence-corrected chi connectivity index (χ1v) is 7.73. The molecule has 1 heterocycles. The Labute approximate surface area is 149 Å². The van der Waals surface area contributed by atoms with Crippen LogP contribution >= 0.6 is 0 Å². The lowest BCUT2D eigenvalue weighted by molar-refractivity contribution is -0.147. The third-order valence-corrected chi connectivity index (χ3v) is 3.46. The number of aromatic nitrogens is 1. The molecule has 2 aromatic rings. The Morgan fingerprint density at radius 2 is 1.88 bits per heavy atom. The molecule has 0 fully saturated rings. The number of esters is 1. The maximum Gasteiger partial charge on any atom is 0.318 e. The lowest BCUT2D eigenvalue weighted by atomic mass is 10.1. The second-order valence-corrected chi connectivity index (χ2v) is 5.49. The normalized spacial score (nSPS) is 10.2. The number of nitrogens with two attached hydrogens (primary N) is 1. The lowest BCUT2D eigenvalue weighted by Gasteiger charge is -2.07. The van der Waals surface area contributed by atoms with E-state index in [4.69, 9.17) is 19.7 Å². The molecule has 0 saturated heterocycles. The van der Waals surface area contributed by atoms with Crippen LogP contribution in [0.5, 0.6) is 5.75 Å². The Balaban J connectivity index is 1.80. The van der Waals surface area contributed by atoms with Gasteiger partial charge >= 0.3 is 12.0 Å². The van der Waals surface area contributed by atoms with Gasteiger partial charge in [0.15, 0.2) is 6.61 Å². The number of nitrogens with zero attached hydrogens (tertiary/aromatic N) is 1. The molecule has 0 saturated carbocycles. The Morgan fingerprint density at radius 1 is 1.19 bits per heavy atom. The van der Waals surface area contributed by atoms with Gasteiger partial charge in [-0.15, -0.1) is 0 Å². The first-order valence-electron chi connectivity index (χ1n) is 7.73. The molecule has 0 aliphatic carbocycles. The first-order chi connectivity index (χ1) is 12.3. The Kier molecular flexibility index (Phi) is 6.31. The molecule has 0 bridgehead atoms. The average Bonchev–Trinajstić information content (AvgIpc) is 2.90. The molecule has 0 atom stereocenters. The second-order valence-electron chi connectivity index (χ2n) is 5.49. The predicted octanol–water partition coefficient (Wildman–Crippen LogP) is 1.15. The number of amides is 3. The minimum absolute atomic E-state index is 0.0198. The Morgan fingerprint density at radius 3 is 2.46 bits per heavy atom. The van der Waals surface area contributed by atoms with E-state index in [0.29, 0.717) is 23.7 Å². The molecule has 26 heavy (non-hydrogen) atoms. The van der Waals surface area contributed by atoms with Gasteiger partial charge < -0.3 is 19.7 Å². The van der Waals surface area contributed by atoms with Gasteiger partial charge in [-0.1, -0.05) is 17.3 Å². The van der Waals surface area contributed by atoms with E-state index in [2.05, 4.69) is 5.16 Å². The van der Waals surface area contributed by atoms with E-state index in [1.807, 2.05) is 13.8 Å². The minimum atomic E-state index is -1.00. The Hall–Kier alpha value is -3.36. The van der Waals surface area contributed by atoms with Crippen molar-refractivity contribution in [2.75, 3.05) is 6.61 Å². The molecular formula is C17H19N3O6. The maximum absolute atomic E-state index is 11.7. The van der Waals surface area contributed by atoms with E-state index in [9.17, 15) is 14.4 Å². The number of carbonyl (C=O) groups excluding carboxylic acids is 3. The van der Waals surface area contributed by atoms with Crippen LogP contribution in [0, 0.1) is 13.8 Å². The topological polar surface area (TPSA) is 134 Å². The van der Waals surface area contributed by atoms with E-state index in [-0.39, 0.29) is 6.42 Å². The molecule has 138 valence electrons. The highest BCUT2D eigenvalue weighted by Gasteiger charge is 2.11. The van der Waals surface area contributed by atoms with Crippen molar-refractivity contribution in [1.29, 1.82) is 0 Å². The summed E-state index contributed by atoms with van der Waals surface area (Å²) in [4.78, 5) is 33.3. The van der Waals surface area contributed by atoms with Gasteiger partial charge in [0.05, 0.1) is 17.7 Å². The predicted molar refractivity (Wildman–Crippen MR) is 89.1 cm³/mol. The molecule has 3 amide bonds. The quantitative estimate of drug-likeness (QED) is 0.707. The SMILES string of the molecule is Cc1noc(C)c1COc1ccc(CC(=O)OCC(=O)NC(N)=O)cc1. The van der Waals surface area contributed by atoms with Gasteiger partial charge in [0.25, 0.3) is 5.91 Å². The van der Waals surface area contributed by atoms with Crippen molar-refractivity contribution in [3.63, 3.8) is 0 Å². The number of benzene rings is 1. The van der Waals surface area contributed by atoms with E-state index in [1.54, 1.807) is 29.6 Å². The molecule has 2 rings (SSSR count). The number of primary amides is 1. The number of hydrogen-bond donors (Lipinski definition) is 2. The largest absolute Gasteiger partial charge is 0.489 e. The first kappa shape index (κ1) is 19.0. The number of imide groups is 1. The van der Waals surface area contributed by atoms with Crippen LogP contribution in [0.2, 0.25) is 0 Å². The third-order valence-electron chi connectivity index (χ3n) is 3.46. The van der Waals surface area contributed by atoms with Crippen LogP contribution in [-0.4, -0.2) is 29.7 Å². The number of nitrogens with one attached hydrogen (secondary N) is 1. The zero-order valence-corrected chi connectivity index (χ0v) is 14.4. The minimum Gasteiger partial charge on any atom is -0.489 e. The molecule has 0 radical (unpaired) electrons. The summed E-state index contributed by atoms with van der Waals surface area (Å²) in [6, 6.07) is 5.88. The summed E-state index contributed by atoms with van der Waals surface area (Å²) in [6.07, 6.45) is -0.0198. The van der Waals surface area contributed by atoms with Crippen LogP contribution < -0.4 is 15.8 Å². The average molecular weight is 361 g/mol. The number of aryl methyl sites for hydroxylation is 2. The van der Waals surface area contributed by atoms with Crippen LogP contribution in [0.15, 0.2) is 28.8 Å². The zero-order chi connectivity index (χ0) is 19.1. The smallest absolute Gasteiger partial charge is 0.318 e. The van der Waals surface area contributed by atoms with Crippen LogP contribution in [0.3, 0.4) is 0 Å². The fourth-order valence-corrected chi connectivity index (χ4v) is 2.10. The van der Waals surface area contributed by atoms with Gasteiger partial charge in [-0.3, -0.25) is 14.9 Å². The van der Waals surface area contributed by atoms with Gasteiger partial charge in [0, 0.05) is 0 Å². The molecule has 1 aromatic heterocycles. The fraction of sp³-hybridized carbons (Fsp3) is 0.294. The van der Waals surface area contributed by atoms with Crippen molar-refractivity contribution >= 4 is 17.9 Å². The van der Waals surface area contributed by atoms with Crippen molar-refractivity contribution in [3.05, 3.63) is 46.8 Å². The van der Waals surface area contributed by atoms with Gasteiger partial charge in [-0.25, -0.2) is 4.79 Å². The number of urea groups is 1. The van der Waals surface area contributed by atoms with Crippen LogP contribution in [-0.2, 0) is 27.4 Å². The maximum atomic E-state index is 11.7. The van der Waals surface area contributed by atoms with Gasteiger partial charge in [0.1, 0.15) is 18.1 Å². The molecule has 0 spiro atoms. The highest BCUT2D eigenvalue weighted by Crippen LogP contribution is 2.18. The highest BCUT2D eigenvalue weighted by atomic mass is 16.5. The van der Waals surface area contributed by atoms with E-state index >= 15 is 0 Å². The van der Waals surface area contributed by atoms with Crippen LogP contribution in [0.25, 0.3) is 0 Å². The summed E-state index contributed by atoms with van der Waals surface area (Å²) in [5.41, 5.74) is 7.14. The zero-order valence-electron chi connectivity index (χ0n) is 14.4. The second kappa shape index (κ2) is 8.65. The van der Waals surface area contributed by atoms with E-state index in [0.717, 1.165) is 11.3 Å². The monoisotopic (exact) mass is 361 g/mol. The van der Waals surface area contributed by atoms with Crippen molar-refractivity contribution in [1.82, 2.24) is 10.5 Å². The summed E-state index contributed by atoms with van der Waals surface area (Å²) >= 11 is 0. The molecule has 9 nitrogen and oxygen atoms in total. The molecule has 9 heteroatoms. The molecule has 1 aromatic carbocycles. The fourth-order valence-electron chi connectivity index (χ4n) is 2.10. The van der Waals surface area contributed by atoms with Crippen LogP contribution in [0.1, 0.15) is 22.6 Å². The number of ether oxygens (including phenoxy) is 2. The molecule has 0 unspecified atom stereocenters. The standard InChI is InChI=1S/C17H19N3O6/c1-10-14(11(2)26-20-10)8-24-13-5-3-12(4-6-13)7-16(22)25-9-15(21)19-17(18)23/h3-6H,7-9H2,1-2H3,(H3,18,19,21,23). The summed E-state index contributed by atoms with van der Waals surface area (Å²) < 4.78 is 15.5. The summed E-state index contributed by atoms with van der Waals surface area (Å²) in [6.45, 7) is 3.42. The molecule has 3 N–H and O–H groups in total. The van der Waals surface area contributed by atoms with E-state index in [1.165, 1.54) is 0 Å². The summed E-state index contributed by atoms with van der Waals surface area (Å²) in [7, 11) is 0. The summed E-state index contributed by atoms with van der Waals surface area (Å²) in [5, 5.41) is 5.66. The van der Waals surface area contributed by atoms with Gasteiger partial charge in [-0.2, -0.15) is 0 Å². The van der Waals surface area contributed by atoms with Crippen molar-refractivity contribution in [2.24, 2.45) is 5.73 Å². The third kappa shape index (κ3) is 5.62.